The third-order valence-corrected chi connectivity index (χ3v) is 2.03. The smallest absolute Gasteiger partial charge is 0.271 e. The number of carbonyl (C=O) groups excluding carboxylic acids is 1. The van der Waals surface area contributed by atoms with Gasteiger partial charge in [-0.15, -0.1) is 0 Å². The van der Waals surface area contributed by atoms with Crippen molar-refractivity contribution in [2.75, 3.05) is 6.54 Å². The molecule has 0 aliphatic carbocycles. The summed E-state index contributed by atoms with van der Waals surface area (Å²) >= 11 is 0. The fourth-order valence-corrected chi connectivity index (χ4v) is 1.36. The number of carbonyl (C=O) groups is 1. The van der Waals surface area contributed by atoms with Gasteiger partial charge in [0.05, 0.1) is 0 Å². The van der Waals surface area contributed by atoms with Gasteiger partial charge >= 0.3 is 0 Å². The lowest BCUT2D eigenvalue weighted by atomic mass is 10.4. The fourth-order valence-electron chi connectivity index (χ4n) is 1.36. The first-order valence-corrected chi connectivity index (χ1v) is 4.67. The van der Waals surface area contributed by atoms with E-state index in [1.807, 2.05) is 6.92 Å². The molecule has 2 N–H and O–H groups in total. The number of nitrogens with zero attached hydrogens (tertiary/aromatic N) is 2. The molecular formula is C10H11N3O2. The van der Waals surface area contributed by atoms with Crippen molar-refractivity contribution in [3.63, 3.8) is 0 Å². The van der Waals surface area contributed by atoms with Gasteiger partial charge in [-0.1, -0.05) is 0 Å². The number of nitrogens with one attached hydrogen (secondary N) is 1. The molecule has 2 heterocycles. The predicted octanol–water partition coefficient (Wildman–Crippen LogP) is 0.790. The Hall–Kier alpha value is -2.04. The van der Waals surface area contributed by atoms with E-state index in [1.54, 1.807) is 22.9 Å². The molecule has 0 aliphatic heterocycles. The molecular weight excluding hydrogens is 194 g/mol. The number of imidazole rings is 1. The molecule has 0 spiro atoms. The van der Waals surface area contributed by atoms with Crippen molar-refractivity contribution >= 4 is 11.6 Å². The summed E-state index contributed by atoms with van der Waals surface area (Å²) in [5.74, 6) is -0.173. The molecule has 5 nitrogen and oxygen atoms in total. The molecule has 0 atom stereocenters. The minimum absolute atomic E-state index is 0.0630. The van der Waals surface area contributed by atoms with Gasteiger partial charge in [-0.2, -0.15) is 0 Å². The van der Waals surface area contributed by atoms with Crippen LogP contribution in [0.1, 0.15) is 17.4 Å². The minimum Gasteiger partial charge on any atom is -0.504 e. The molecule has 1 amide bonds. The summed E-state index contributed by atoms with van der Waals surface area (Å²) in [5, 5.41) is 12.1. The quantitative estimate of drug-likeness (QED) is 0.761. The van der Waals surface area contributed by atoms with Crippen molar-refractivity contribution in [3.8, 4) is 5.75 Å². The molecule has 0 unspecified atom stereocenters. The van der Waals surface area contributed by atoms with Crippen molar-refractivity contribution < 1.29 is 9.90 Å². The zero-order valence-corrected chi connectivity index (χ0v) is 8.27. The third kappa shape index (κ3) is 1.63. The lowest BCUT2D eigenvalue weighted by Crippen LogP contribution is -2.22. The largest absolute Gasteiger partial charge is 0.504 e. The molecule has 0 fully saturated rings. The van der Waals surface area contributed by atoms with Crippen LogP contribution in [0.25, 0.3) is 5.65 Å². The maximum atomic E-state index is 11.5. The van der Waals surface area contributed by atoms with Gasteiger partial charge in [0.1, 0.15) is 5.69 Å². The van der Waals surface area contributed by atoms with Gasteiger partial charge in [-0.3, -0.25) is 4.79 Å². The minimum atomic E-state index is -0.236. The van der Waals surface area contributed by atoms with Crippen LogP contribution in [0.15, 0.2) is 24.5 Å². The molecule has 0 saturated carbocycles. The molecule has 2 aromatic rings. The lowest BCUT2D eigenvalue weighted by Gasteiger charge is -1.95. The zero-order valence-electron chi connectivity index (χ0n) is 8.27. The SMILES string of the molecule is CCNC(=O)c1cn2cccc(O)c2n1. The van der Waals surface area contributed by atoms with E-state index < -0.39 is 0 Å². The zero-order chi connectivity index (χ0) is 10.8. The van der Waals surface area contributed by atoms with Crippen molar-refractivity contribution in [2.24, 2.45) is 0 Å². The van der Waals surface area contributed by atoms with E-state index in [-0.39, 0.29) is 11.7 Å². The van der Waals surface area contributed by atoms with Gasteiger partial charge in [0.25, 0.3) is 5.91 Å². The van der Waals surface area contributed by atoms with Crippen molar-refractivity contribution in [3.05, 3.63) is 30.2 Å². The number of fused-ring (bicyclic) bond motifs is 1. The number of rotatable bonds is 2. The molecule has 2 aromatic heterocycles. The number of aromatic nitrogens is 2. The van der Waals surface area contributed by atoms with Gasteiger partial charge in [-0.25, -0.2) is 4.98 Å². The fraction of sp³-hybridized carbons (Fsp3) is 0.200. The van der Waals surface area contributed by atoms with Crippen molar-refractivity contribution in [2.45, 2.75) is 6.92 Å². The second kappa shape index (κ2) is 3.61. The maximum Gasteiger partial charge on any atom is 0.271 e. The summed E-state index contributed by atoms with van der Waals surface area (Å²) < 4.78 is 1.61. The van der Waals surface area contributed by atoms with E-state index in [0.29, 0.717) is 17.9 Å². The normalized spacial score (nSPS) is 10.5. The van der Waals surface area contributed by atoms with Crippen LogP contribution in [-0.4, -0.2) is 26.9 Å². The molecule has 0 aliphatic rings. The lowest BCUT2D eigenvalue weighted by molar-refractivity contribution is 0.0951. The van der Waals surface area contributed by atoms with E-state index in [0.717, 1.165) is 0 Å². The molecule has 2 rings (SSSR count). The molecule has 0 aromatic carbocycles. The van der Waals surface area contributed by atoms with E-state index in [1.165, 1.54) is 6.07 Å². The first-order chi connectivity index (χ1) is 7.22. The van der Waals surface area contributed by atoms with Crippen LogP contribution in [-0.2, 0) is 0 Å². The topological polar surface area (TPSA) is 66.6 Å². The number of amides is 1. The van der Waals surface area contributed by atoms with Gasteiger partial charge in [0.15, 0.2) is 11.4 Å². The molecule has 0 saturated heterocycles. The van der Waals surface area contributed by atoms with Gasteiger partial charge in [0.2, 0.25) is 0 Å². The van der Waals surface area contributed by atoms with Crippen molar-refractivity contribution in [1.82, 2.24) is 14.7 Å². The highest BCUT2D eigenvalue weighted by Gasteiger charge is 2.10. The van der Waals surface area contributed by atoms with E-state index in [9.17, 15) is 9.90 Å². The highest BCUT2D eigenvalue weighted by Crippen LogP contribution is 2.16. The number of pyridine rings is 1. The van der Waals surface area contributed by atoms with E-state index in [2.05, 4.69) is 10.3 Å². The highest BCUT2D eigenvalue weighted by atomic mass is 16.3. The van der Waals surface area contributed by atoms with Crippen LogP contribution >= 0.6 is 0 Å². The Morgan fingerprint density at radius 3 is 3.13 bits per heavy atom. The Labute approximate surface area is 86.4 Å². The Bertz CT molecular complexity index is 504. The Morgan fingerprint density at radius 1 is 1.67 bits per heavy atom. The summed E-state index contributed by atoms with van der Waals surface area (Å²) in [4.78, 5) is 15.5. The van der Waals surface area contributed by atoms with Gasteiger partial charge < -0.3 is 14.8 Å². The summed E-state index contributed by atoms with van der Waals surface area (Å²) in [6, 6.07) is 3.22. The van der Waals surface area contributed by atoms with Crippen LogP contribution in [0.5, 0.6) is 5.75 Å². The van der Waals surface area contributed by atoms with Gasteiger partial charge in [-0.05, 0) is 19.1 Å². The Balaban J connectivity index is 2.47. The molecule has 78 valence electrons. The molecule has 5 heteroatoms. The number of hydrogen-bond donors (Lipinski definition) is 2. The second-order valence-corrected chi connectivity index (χ2v) is 3.11. The first kappa shape index (κ1) is 9.51. The van der Waals surface area contributed by atoms with E-state index in [4.69, 9.17) is 0 Å². The second-order valence-electron chi connectivity index (χ2n) is 3.11. The summed E-state index contributed by atoms with van der Waals surface area (Å²) in [6.07, 6.45) is 3.31. The maximum absolute atomic E-state index is 11.5. The van der Waals surface area contributed by atoms with Crippen LogP contribution < -0.4 is 5.32 Å². The average molecular weight is 205 g/mol. The summed E-state index contributed by atoms with van der Waals surface area (Å²) in [5.41, 5.74) is 0.692. The van der Waals surface area contributed by atoms with Crippen molar-refractivity contribution in [1.29, 1.82) is 0 Å². The average Bonchev–Trinajstić information content (AvgIpc) is 2.63. The third-order valence-electron chi connectivity index (χ3n) is 2.03. The molecule has 0 radical (unpaired) electrons. The Kier molecular flexibility index (Phi) is 2.29. The van der Waals surface area contributed by atoms with Crippen LogP contribution in [0.4, 0.5) is 0 Å². The summed E-state index contributed by atoms with van der Waals surface area (Å²) in [6.45, 7) is 2.39. The predicted molar refractivity (Wildman–Crippen MR) is 54.9 cm³/mol. The van der Waals surface area contributed by atoms with Crippen LogP contribution in [0, 0.1) is 0 Å². The summed E-state index contributed by atoms with van der Waals surface area (Å²) in [7, 11) is 0. The Morgan fingerprint density at radius 2 is 2.47 bits per heavy atom. The first-order valence-electron chi connectivity index (χ1n) is 4.67. The monoisotopic (exact) mass is 205 g/mol. The molecule has 15 heavy (non-hydrogen) atoms. The number of aromatic hydroxyl groups is 1. The van der Waals surface area contributed by atoms with Crippen LogP contribution in [0.3, 0.4) is 0 Å². The standard InChI is InChI=1S/C10H11N3O2/c1-2-11-10(15)7-6-13-5-3-4-8(14)9(13)12-7/h3-6,14H,2H2,1H3,(H,11,15). The highest BCUT2D eigenvalue weighted by molar-refractivity contribution is 5.93. The van der Waals surface area contributed by atoms with E-state index >= 15 is 0 Å². The molecule has 0 bridgehead atoms. The van der Waals surface area contributed by atoms with Crippen LogP contribution in [0.2, 0.25) is 0 Å². The van der Waals surface area contributed by atoms with Gasteiger partial charge in [0, 0.05) is 18.9 Å². The number of hydrogen-bond acceptors (Lipinski definition) is 3.